The maximum atomic E-state index is 12.8. The molecular formula is C14H19F3N2O2. The second kappa shape index (κ2) is 7.31. The second-order valence-electron chi connectivity index (χ2n) is 4.69. The van der Waals surface area contributed by atoms with Crippen molar-refractivity contribution in [1.29, 1.82) is 0 Å². The molecule has 2 unspecified atom stereocenters. The fourth-order valence-corrected chi connectivity index (χ4v) is 1.55. The summed E-state index contributed by atoms with van der Waals surface area (Å²) in [5.74, 6) is -0.816. The molecule has 1 aromatic rings. The maximum Gasteiger partial charge on any atom is 0.419 e. The predicted octanol–water partition coefficient (Wildman–Crippen LogP) is 2.20. The second-order valence-corrected chi connectivity index (χ2v) is 4.69. The Bertz CT molecular complexity index is 478. The van der Waals surface area contributed by atoms with Crippen molar-refractivity contribution >= 4 is 5.91 Å². The summed E-state index contributed by atoms with van der Waals surface area (Å²) in [5, 5.41) is 5.54. The molecule has 118 valence electrons. The third-order valence-corrected chi connectivity index (χ3v) is 2.94. The summed E-state index contributed by atoms with van der Waals surface area (Å²) in [4.78, 5) is 11.8. The van der Waals surface area contributed by atoms with Crippen LogP contribution in [-0.4, -0.2) is 31.6 Å². The van der Waals surface area contributed by atoms with Gasteiger partial charge in [-0.05, 0) is 33.0 Å². The molecule has 0 radical (unpaired) electrons. The van der Waals surface area contributed by atoms with Crippen LogP contribution in [0, 0.1) is 0 Å². The molecule has 1 amide bonds. The molecule has 0 fully saturated rings. The number of amides is 1. The van der Waals surface area contributed by atoms with Crippen molar-refractivity contribution in [3.05, 3.63) is 29.8 Å². The lowest BCUT2D eigenvalue weighted by atomic mass is 10.2. The Morgan fingerprint density at radius 3 is 2.48 bits per heavy atom. The smallest absolute Gasteiger partial charge is 0.419 e. The average molecular weight is 304 g/mol. The van der Waals surface area contributed by atoms with E-state index in [1.807, 2.05) is 6.92 Å². The standard InChI is InChI=1S/C14H19F3N2O2/c1-9(18-3)8-19-13(20)10(2)21-12-7-5-4-6-11(12)14(15,16)17/h4-7,9-10,18H,8H2,1-3H3,(H,19,20). The zero-order chi connectivity index (χ0) is 16.0. The van der Waals surface area contributed by atoms with E-state index in [2.05, 4.69) is 10.6 Å². The van der Waals surface area contributed by atoms with E-state index in [0.717, 1.165) is 6.07 Å². The number of carbonyl (C=O) groups is 1. The molecule has 0 aliphatic heterocycles. The Morgan fingerprint density at radius 1 is 1.29 bits per heavy atom. The van der Waals surface area contributed by atoms with E-state index in [0.29, 0.717) is 6.54 Å². The third-order valence-electron chi connectivity index (χ3n) is 2.94. The number of halogens is 3. The number of benzene rings is 1. The molecule has 4 nitrogen and oxygen atoms in total. The predicted molar refractivity (Wildman–Crippen MR) is 73.1 cm³/mol. The van der Waals surface area contributed by atoms with E-state index in [1.54, 1.807) is 7.05 Å². The van der Waals surface area contributed by atoms with Gasteiger partial charge < -0.3 is 15.4 Å². The Hall–Kier alpha value is -1.76. The molecule has 0 bridgehead atoms. The molecule has 0 saturated heterocycles. The topological polar surface area (TPSA) is 50.4 Å². The van der Waals surface area contributed by atoms with Gasteiger partial charge in [0, 0.05) is 12.6 Å². The van der Waals surface area contributed by atoms with Gasteiger partial charge in [0.2, 0.25) is 0 Å². The molecule has 0 saturated carbocycles. The van der Waals surface area contributed by atoms with Crippen LogP contribution in [0.15, 0.2) is 24.3 Å². The molecule has 7 heteroatoms. The summed E-state index contributed by atoms with van der Waals surface area (Å²) in [6.45, 7) is 3.64. The van der Waals surface area contributed by atoms with Gasteiger partial charge >= 0.3 is 6.18 Å². The molecule has 2 N–H and O–H groups in total. The average Bonchev–Trinajstić information content (AvgIpc) is 2.43. The number of hydrogen-bond acceptors (Lipinski definition) is 3. The minimum atomic E-state index is -4.52. The Labute approximate surface area is 121 Å². The van der Waals surface area contributed by atoms with Crippen molar-refractivity contribution in [2.75, 3.05) is 13.6 Å². The van der Waals surface area contributed by atoms with E-state index in [1.165, 1.54) is 25.1 Å². The number of rotatable bonds is 6. The van der Waals surface area contributed by atoms with Crippen LogP contribution < -0.4 is 15.4 Å². The Kier molecular flexibility index (Phi) is 6.02. The highest BCUT2D eigenvalue weighted by molar-refractivity contribution is 5.80. The number of carbonyl (C=O) groups excluding carboxylic acids is 1. The van der Waals surface area contributed by atoms with Gasteiger partial charge in [0.1, 0.15) is 5.75 Å². The molecule has 21 heavy (non-hydrogen) atoms. The summed E-state index contributed by atoms with van der Waals surface area (Å²) < 4.78 is 43.6. The first-order valence-corrected chi connectivity index (χ1v) is 6.53. The van der Waals surface area contributed by atoms with Gasteiger partial charge in [0.15, 0.2) is 6.10 Å². The fraction of sp³-hybridized carbons (Fsp3) is 0.500. The number of nitrogens with one attached hydrogen (secondary N) is 2. The number of ether oxygens (including phenoxy) is 1. The van der Waals surface area contributed by atoms with Crippen LogP contribution in [0.4, 0.5) is 13.2 Å². The monoisotopic (exact) mass is 304 g/mol. The number of likely N-dealkylation sites (N-methyl/N-ethyl adjacent to an activating group) is 1. The molecule has 0 heterocycles. The zero-order valence-corrected chi connectivity index (χ0v) is 12.1. The molecule has 0 aliphatic carbocycles. The molecule has 1 rings (SSSR count). The molecule has 0 spiro atoms. The summed E-state index contributed by atoms with van der Waals surface area (Å²) in [6.07, 6.45) is -5.54. The van der Waals surface area contributed by atoms with E-state index in [4.69, 9.17) is 4.74 Å². The molecule has 0 aliphatic rings. The minimum Gasteiger partial charge on any atom is -0.480 e. The lowest BCUT2D eigenvalue weighted by Crippen LogP contribution is -2.42. The first kappa shape index (κ1) is 17.3. The van der Waals surface area contributed by atoms with Crippen molar-refractivity contribution in [1.82, 2.24) is 10.6 Å². The Morgan fingerprint density at radius 2 is 1.90 bits per heavy atom. The van der Waals surface area contributed by atoms with Gasteiger partial charge in [0.25, 0.3) is 5.91 Å². The lowest BCUT2D eigenvalue weighted by molar-refractivity contribution is -0.140. The SMILES string of the molecule is CNC(C)CNC(=O)C(C)Oc1ccccc1C(F)(F)F. The third kappa shape index (κ3) is 5.26. The van der Waals surface area contributed by atoms with Crippen molar-refractivity contribution in [3.63, 3.8) is 0 Å². The van der Waals surface area contributed by atoms with Crippen LogP contribution >= 0.6 is 0 Å². The molecular weight excluding hydrogens is 285 g/mol. The van der Waals surface area contributed by atoms with Crippen LogP contribution in [0.3, 0.4) is 0 Å². The van der Waals surface area contributed by atoms with Crippen LogP contribution in [0.1, 0.15) is 19.4 Å². The van der Waals surface area contributed by atoms with Crippen LogP contribution in [0.5, 0.6) is 5.75 Å². The first-order chi connectivity index (χ1) is 9.75. The van der Waals surface area contributed by atoms with E-state index >= 15 is 0 Å². The Balaban J connectivity index is 2.71. The highest BCUT2D eigenvalue weighted by atomic mass is 19.4. The van der Waals surface area contributed by atoms with Gasteiger partial charge in [-0.2, -0.15) is 13.2 Å². The van der Waals surface area contributed by atoms with E-state index < -0.39 is 23.8 Å². The van der Waals surface area contributed by atoms with Crippen molar-refractivity contribution in [3.8, 4) is 5.75 Å². The summed E-state index contributed by atoms with van der Waals surface area (Å²) in [7, 11) is 1.75. The van der Waals surface area contributed by atoms with Gasteiger partial charge in [0.05, 0.1) is 5.56 Å². The lowest BCUT2D eigenvalue weighted by Gasteiger charge is -2.19. The van der Waals surface area contributed by atoms with Gasteiger partial charge in [-0.15, -0.1) is 0 Å². The van der Waals surface area contributed by atoms with Gasteiger partial charge in [-0.1, -0.05) is 12.1 Å². The number of alkyl halides is 3. The first-order valence-electron chi connectivity index (χ1n) is 6.53. The number of para-hydroxylation sites is 1. The van der Waals surface area contributed by atoms with Crippen LogP contribution in [-0.2, 0) is 11.0 Å². The summed E-state index contributed by atoms with van der Waals surface area (Å²) >= 11 is 0. The van der Waals surface area contributed by atoms with Gasteiger partial charge in [-0.3, -0.25) is 4.79 Å². The highest BCUT2D eigenvalue weighted by Gasteiger charge is 2.34. The van der Waals surface area contributed by atoms with Crippen LogP contribution in [0.2, 0.25) is 0 Å². The molecule has 1 aromatic carbocycles. The number of hydrogen-bond donors (Lipinski definition) is 2. The zero-order valence-electron chi connectivity index (χ0n) is 12.1. The van der Waals surface area contributed by atoms with Crippen molar-refractivity contribution in [2.24, 2.45) is 0 Å². The summed E-state index contributed by atoms with van der Waals surface area (Å²) in [6, 6.07) is 4.88. The van der Waals surface area contributed by atoms with Crippen molar-refractivity contribution < 1.29 is 22.7 Å². The summed E-state index contributed by atoms with van der Waals surface area (Å²) in [5.41, 5.74) is -0.895. The molecule has 2 atom stereocenters. The maximum absolute atomic E-state index is 12.8. The highest BCUT2D eigenvalue weighted by Crippen LogP contribution is 2.36. The van der Waals surface area contributed by atoms with Crippen molar-refractivity contribution in [2.45, 2.75) is 32.2 Å². The van der Waals surface area contributed by atoms with Gasteiger partial charge in [-0.25, -0.2) is 0 Å². The largest absolute Gasteiger partial charge is 0.480 e. The van der Waals surface area contributed by atoms with Crippen LogP contribution in [0.25, 0.3) is 0 Å². The normalized spacial score (nSPS) is 14.4. The minimum absolute atomic E-state index is 0.0589. The molecule has 0 aromatic heterocycles. The van der Waals surface area contributed by atoms with E-state index in [9.17, 15) is 18.0 Å². The fourth-order valence-electron chi connectivity index (χ4n) is 1.55. The van der Waals surface area contributed by atoms with E-state index in [-0.39, 0.29) is 11.8 Å². The quantitative estimate of drug-likeness (QED) is 0.847.